The van der Waals surface area contributed by atoms with Crippen LogP contribution in [0.15, 0.2) is 30.3 Å². The lowest BCUT2D eigenvalue weighted by molar-refractivity contribution is -0.143. The molecule has 0 bridgehead atoms. The molecule has 3 fully saturated rings. The highest BCUT2D eigenvalue weighted by atomic mass is 16.5. The second-order valence-electron chi connectivity index (χ2n) is 8.25. The molecule has 28 heavy (non-hydrogen) atoms. The number of nitrogens with zero attached hydrogens (tertiary/aromatic N) is 2. The first kappa shape index (κ1) is 19.4. The van der Waals surface area contributed by atoms with Gasteiger partial charge in [-0.25, -0.2) is 0 Å². The minimum absolute atomic E-state index is 0.102. The number of rotatable bonds is 3. The number of morpholine rings is 1. The third-order valence-electron chi connectivity index (χ3n) is 6.40. The van der Waals surface area contributed by atoms with Crippen LogP contribution in [0.25, 0.3) is 0 Å². The van der Waals surface area contributed by atoms with Crippen LogP contribution in [0.1, 0.15) is 42.5 Å². The van der Waals surface area contributed by atoms with Crippen molar-refractivity contribution in [2.45, 2.75) is 37.7 Å². The van der Waals surface area contributed by atoms with Crippen molar-refractivity contribution in [3.8, 4) is 0 Å². The van der Waals surface area contributed by atoms with Gasteiger partial charge in [0, 0.05) is 44.8 Å². The van der Waals surface area contributed by atoms with Crippen molar-refractivity contribution in [3.05, 3.63) is 35.9 Å². The van der Waals surface area contributed by atoms with E-state index in [0.29, 0.717) is 45.2 Å². The maximum atomic E-state index is 12.7. The van der Waals surface area contributed by atoms with Gasteiger partial charge < -0.3 is 19.3 Å². The van der Waals surface area contributed by atoms with E-state index in [0.717, 1.165) is 44.3 Å². The summed E-state index contributed by atoms with van der Waals surface area (Å²) in [6, 6.07) is 9.47. The van der Waals surface area contributed by atoms with Gasteiger partial charge in [-0.2, -0.15) is 0 Å². The van der Waals surface area contributed by atoms with Crippen molar-refractivity contribution < 1.29 is 19.1 Å². The Morgan fingerprint density at radius 2 is 1.68 bits per heavy atom. The van der Waals surface area contributed by atoms with Crippen molar-refractivity contribution in [2.24, 2.45) is 5.92 Å². The van der Waals surface area contributed by atoms with Crippen LogP contribution in [-0.4, -0.2) is 73.2 Å². The first-order valence-corrected chi connectivity index (χ1v) is 10.5. The fraction of sp³-hybridized carbons (Fsp3) is 0.636. The second kappa shape index (κ2) is 8.62. The maximum Gasteiger partial charge on any atom is 0.253 e. The first-order chi connectivity index (χ1) is 13.7. The molecule has 1 aromatic carbocycles. The molecule has 0 N–H and O–H groups in total. The fourth-order valence-corrected chi connectivity index (χ4v) is 4.72. The van der Waals surface area contributed by atoms with Crippen LogP contribution in [0.4, 0.5) is 0 Å². The van der Waals surface area contributed by atoms with Crippen molar-refractivity contribution in [3.63, 3.8) is 0 Å². The Morgan fingerprint density at radius 1 is 0.964 bits per heavy atom. The van der Waals surface area contributed by atoms with Crippen molar-refractivity contribution in [2.75, 3.05) is 46.0 Å². The van der Waals surface area contributed by atoms with Crippen LogP contribution in [0, 0.1) is 5.92 Å². The average molecular weight is 386 g/mol. The summed E-state index contributed by atoms with van der Waals surface area (Å²) >= 11 is 0. The molecule has 1 atom stereocenters. The molecule has 0 saturated carbocycles. The van der Waals surface area contributed by atoms with Crippen molar-refractivity contribution in [1.29, 1.82) is 0 Å². The van der Waals surface area contributed by atoms with Crippen LogP contribution < -0.4 is 0 Å². The van der Waals surface area contributed by atoms with Gasteiger partial charge in [-0.1, -0.05) is 18.2 Å². The second-order valence-corrected chi connectivity index (χ2v) is 8.25. The topological polar surface area (TPSA) is 59.1 Å². The molecule has 3 heterocycles. The Hall–Kier alpha value is -1.92. The minimum atomic E-state index is -0.165. The summed E-state index contributed by atoms with van der Waals surface area (Å²) in [5.74, 6) is 0.729. The number of carbonyl (C=O) groups excluding carboxylic acids is 2. The number of benzene rings is 1. The molecule has 6 nitrogen and oxygen atoms in total. The number of piperidine rings is 1. The molecule has 0 radical (unpaired) electrons. The summed E-state index contributed by atoms with van der Waals surface area (Å²) in [4.78, 5) is 29.2. The molecular weight excluding hydrogens is 356 g/mol. The zero-order chi connectivity index (χ0) is 19.4. The van der Waals surface area contributed by atoms with E-state index in [2.05, 4.69) is 0 Å². The van der Waals surface area contributed by atoms with E-state index >= 15 is 0 Å². The van der Waals surface area contributed by atoms with Crippen LogP contribution in [0.2, 0.25) is 0 Å². The zero-order valence-electron chi connectivity index (χ0n) is 16.5. The lowest BCUT2D eigenvalue weighted by Gasteiger charge is -2.46. The minimum Gasteiger partial charge on any atom is -0.378 e. The molecule has 6 heteroatoms. The average Bonchev–Trinajstić information content (AvgIpc) is 2.75. The van der Waals surface area contributed by atoms with Gasteiger partial charge in [0.1, 0.15) is 0 Å². The summed E-state index contributed by atoms with van der Waals surface area (Å²) in [6.45, 7) is 4.88. The van der Waals surface area contributed by atoms with Gasteiger partial charge in [-0.3, -0.25) is 9.59 Å². The van der Waals surface area contributed by atoms with E-state index in [1.54, 1.807) is 0 Å². The molecule has 4 rings (SSSR count). The molecule has 3 saturated heterocycles. The quantitative estimate of drug-likeness (QED) is 0.800. The van der Waals surface area contributed by atoms with Gasteiger partial charge >= 0.3 is 0 Å². The van der Waals surface area contributed by atoms with Gasteiger partial charge in [-0.05, 0) is 43.7 Å². The Morgan fingerprint density at radius 3 is 2.39 bits per heavy atom. The Kier molecular flexibility index (Phi) is 5.97. The predicted molar refractivity (Wildman–Crippen MR) is 105 cm³/mol. The molecular formula is C22H30N2O4. The van der Waals surface area contributed by atoms with E-state index in [9.17, 15) is 9.59 Å². The maximum absolute atomic E-state index is 12.7. The summed E-state index contributed by atoms with van der Waals surface area (Å²) in [7, 11) is 0. The Bertz CT molecular complexity index is 679. The predicted octanol–water partition coefficient (Wildman–Crippen LogP) is 2.34. The van der Waals surface area contributed by atoms with Crippen LogP contribution in [0.5, 0.6) is 0 Å². The van der Waals surface area contributed by atoms with Crippen molar-refractivity contribution >= 4 is 11.8 Å². The van der Waals surface area contributed by atoms with E-state index in [-0.39, 0.29) is 17.4 Å². The van der Waals surface area contributed by atoms with E-state index in [1.165, 1.54) is 0 Å². The molecule has 2 amide bonds. The van der Waals surface area contributed by atoms with E-state index in [1.807, 2.05) is 40.1 Å². The van der Waals surface area contributed by atoms with Crippen molar-refractivity contribution in [1.82, 2.24) is 9.80 Å². The summed E-state index contributed by atoms with van der Waals surface area (Å²) in [5, 5.41) is 0. The number of ether oxygens (including phenoxy) is 2. The normalized spacial score (nSPS) is 24.9. The molecule has 0 aliphatic carbocycles. The summed E-state index contributed by atoms with van der Waals surface area (Å²) in [5.41, 5.74) is 0.582. The lowest BCUT2D eigenvalue weighted by Crippen LogP contribution is -2.51. The molecule has 0 aromatic heterocycles. The van der Waals surface area contributed by atoms with Gasteiger partial charge in [0.05, 0.1) is 18.8 Å². The molecule has 1 unspecified atom stereocenters. The summed E-state index contributed by atoms with van der Waals surface area (Å²) < 4.78 is 11.6. The highest BCUT2D eigenvalue weighted by Gasteiger charge is 2.41. The highest BCUT2D eigenvalue weighted by molar-refractivity contribution is 5.94. The lowest BCUT2D eigenvalue weighted by atomic mass is 9.78. The van der Waals surface area contributed by atoms with Crippen LogP contribution in [0.3, 0.4) is 0 Å². The third-order valence-corrected chi connectivity index (χ3v) is 6.40. The number of likely N-dealkylation sites (tertiary alicyclic amines) is 1. The third kappa shape index (κ3) is 4.39. The van der Waals surface area contributed by atoms with Gasteiger partial charge in [0.2, 0.25) is 5.91 Å². The zero-order valence-corrected chi connectivity index (χ0v) is 16.5. The van der Waals surface area contributed by atoms with Crippen LogP contribution >= 0.6 is 0 Å². The van der Waals surface area contributed by atoms with E-state index < -0.39 is 0 Å². The van der Waals surface area contributed by atoms with Gasteiger partial charge in [0.15, 0.2) is 0 Å². The monoisotopic (exact) mass is 386 g/mol. The Balaban J connectivity index is 1.31. The van der Waals surface area contributed by atoms with Crippen LogP contribution in [-0.2, 0) is 14.3 Å². The first-order valence-electron chi connectivity index (χ1n) is 10.5. The summed E-state index contributed by atoms with van der Waals surface area (Å²) in [6.07, 6.45) is 4.19. The van der Waals surface area contributed by atoms with E-state index in [4.69, 9.17) is 9.47 Å². The number of hydrogen-bond acceptors (Lipinski definition) is 4. The number of hydrogen-bond donors (Lipinski definition) is 0. The molecule has 152 valence electrons. The highest BCUT2D eigenvalue weighted by Crippen LogP contribution is 2.39. The largest absolute Gasteiger partial charge is 0.378 e. The standard InChI is InChI=1S/C22H30N2O4/c25-20(23-11-14-27-15-12-23)16-18-6-13-28-22(17-18)7-9-24(10-8-22)21(26)19-4-2-1-3-5-19/h1-5,18H,6-17H2. The SMILES string of the molecule is O=C(CC1CCOC2(CCN(C(=O)c3ccccc3)CC2)C1)N1CCOCC1. The molecule has 3 aliphatic rings. The molecule has 1 spiro atoms. The molecule has 1 aromatic rings. The van der Waals surface area contributed by atoms with Gasteiger partial charge in [-0.15, -0.1) is 0 Å². The molecule has 3 aliphatic heterocycles. The number of carbonyl (C=O) groups is 2. The fourth-order valence-electron chi connectivity index (χ4n) is 4.72. The Labute approximate surface area is 166 Å². The number of amides is 2. The smallest absolute Gasteiger partial charge is 0.253 e. The van der Waals surface area contributed by atoms with Gasteiger partial charge in [0.25, 0.3) is 5.91 Å².